The Kier molecular flexibility index (Phi) is 13.4. The van der Waals surface area contributed by atoms with Crippen LogP contribution in [0.2, 0.25) is 0 Å². The van der Waals surface area contributed by atoms with Crippen LogP contribution in [0.4, 0.5) is 23.7 Å². The van der Waals surface area contributed by atoms with E-state index in [2.05, 4.69) is 27.3 Å². The fourth-order valence-electron chi connectivity index (χ4n) is 5.04. The number of aryl methyl sites for hydroxylation is 2. The molecule has 2 aromatic carbocycles. The van der Waals surface area contributed by atoms with Crippen molar-refractivity contribution in [2.24, 2.45) is 0 Å². The summed E-state index contributed by atoms with van der Waals surface area (Å²) < 4.78 is 45.5. The molecule has 0 saturated heterocycles. The van der Waals surface area contributed by atoms with Crippen LogP contribution in [0.1, 0.15) is 92.9 Å². The van der Waals surface area contributed by atoms with Crippen LogP contribution in [0.3, 0.4) is 0 Å². The molecule has 2 rings (SSSR count). The van der Waals surface area contributed by atoms with E-state index in [9.17, 15) is 32.7 Å². The molecule has 0 spiro atoms. The number of hydrogen-bond acceptors (Lipinski definition) is 6. The number of hydrogen-bond donors (Lipinski definition) is 5. The molecule has 0 aliphatic rings. The number of rotatable bonds is 14. The van der Waals surface area contributed by atoms with Gasteiger partial charge in [0.2, 0.25) is 5.91 Å². The third-order valence-electron chi connectivity index (χ3n) is 7.15. The Morgan fingerprint density at radius 2 is 1.60 bits per heavy atom. The van der Waals surface area contributed by atoms with E-state index in [1.54, 1.807) is 20.8 Å². The maximum absolute atomic E-state index is 13.5. The standard InChI is InChI=1S/C33H47F3N4O5/c1-8-14-32(44,15-9-2)27(19-37-18-23-11-10-21(3)16-22(23)4)40-28(41)20-38-29(42)25-17-24(33(34,35)36)12-13-26(25)39-30(43)45-31(5,6)7/h10-13,16-17,27,37,44H,8-9,14-15,18-20H2,1-7H3,(H,38,42)(H,39,43)(H,40,41). The lowest BCUT2D eigenvalue weighted by Gasteiger charge is -2.37. The number of halogens is 3. The lowest BCUT2D eigenvalue weighted by molar-refractivity contribution is -0.137. The number of ether oxygens (including phenoxy) is 1. The molecule has 12 heteroatoms. The molecule has 2 aromatic rings. The topological polar surface area (TPSA) is 129 Å². The van der Waals surface area contributed by atoms with Crippen LogP contribution >= 0.6 is 0 Å². The van der Waals surface area contributed by atoms with Gasteiger partial charge < -0.3 is 25.8 Å². The molecular formula is C33H47F3N4O5. The van der Waals surface area contributed by atoms with Crippen molar-refractivity contribution >= 4 is 23.6 Å². The summed E-state index contributed by atoms with van der Waals surface area (Å²) in [4.78, 5) is 38.5. The van der Waals surface area contributed by atoms with E-state index in [1.165, 1.54) is 0 Å². The Bertz CT molecular complexity index is 1320. The number of aliphatic hydroxyl groups is 1. The Balaban J connectivity index is 2.21. The highest BCUT2D eigenvalue weighted by molar-refractivity contribution is 6.04. The first-order chi connectivity index (χ1) is 20.9. The molecule has 1 atom stereocenters. The summed E-state index contributed by atoms with van der Waals surface area (Å²) in [5, 5.41) is 22.4. The smallest absolute Gasteiger partial charge is 0.416 e. The van der Waals surface area contributed by atoms with E-state index in [0.717, 1.165) is 28.8 Å². The highest BCUT2D eigenvalue weighted by atomic mass is 19.4. The van der Waals surface area contributed by atoms with Crippen molar-refractivity contribution in [2.45, 2.75) is 104 Å². The first kappa shape index (κ1) is 37.5. The molecule has 0 aliphatic heterocycles. The minimum atomic E-state index is -4.75. The normalized spacial score (nSPS) is 12.8. The predicted octanol–water partition coefficient (Wildman–Crippen LogP) is 6.00. The van der Waals surface area contributed by atoms with Gasteiger partial charge in [-0.3, -0.25) is 14.9 Å². The SMILES string of the molecule is CCCC(O)(CCC)C(CNCc1ccc(C)cc1C)NC(=O)CNC(=O)c1cc(C(F)(F)F)ccc1NC(=O)OC(C)(C)C. The summed E-state index contributed by atoms with van der Waals surface area (Å²) in [5.74, 6) is -1.65. The Morgan fingerprint density at radius 3 is 2.16 bits per heavy atom. The van der Waals surface area contributed by atoms with Gasteiger partial charge in [-0.2, -0.15) is 13.2 Å². The van der Waals surface area contributed by atoms with Gasteiger partial charge in [0.25, 0.3) is 5.91 Å². The highest BCUT2D eigenvalue weighted by Crippen LogP contribution is 2.32. The van der Waals surface area contributed by atoms with Crippen LogP contribution in [-0.2, 0) is 22.3 Å². The maximum Gasteiger partial charge on any atom is 0.416 e. The number of carbonyl (C=O) groups excluding carboxylic acids is 3. The molecule has 0 aromatic heterocycles. The van der Waals surface area contributed by atoms with Crippen LogP contribution in [-0.4, -0.2) is 53.3 Å². The van der Waals surface area contributed by atoms with E-state index in [0.29, 0.717) is 38.3 Å². The van der Waals surface area contributed by atoms with Crippen LogP contribution in [0.5, 0.6) is 0 Å². The molecule has 9 nitrogen and oxygen atoms in total. The van der Waals surface area contributed by atoms with Gasteiger partial charge in [-0.25, -0.2) is 4.79 Å². The van der Waals surface area contributed by atoms with Gasteiger partial charge in [-0.05, 0) is 76.8 Å². The van der Waals surface area contributed by atoms with Crippen molar-refractivity contribution < 1.29 is 37.4 Å². The molecule has 0 heterocycles. The van der Waals surface area contributed by atoms with Crippen molar-refractivity contribution in [3.63, 3.8) is 0 Å². The average Bonchev–Trinajstić information content (AvgIpc) is 2.91. The minimum absolute atomic E-state index is 0.219. The number of benzene rings is 2. The van der Waals surface area contributed by atoms with Gasteiger partial charge >= 0.3 is 12.3 Å². The molecule has 5 N–H and O–H groups in total. The van der Waals surface area contributed by atoms with Gasteiger partial charge in [0.05, 0.1) is 35.0 Å². The van der Waals surface area contributed by atoms with E-state index >= 15 is 0 Å². The molecule has 0 bridgehead atoms. The number of anilines is 1. The lowest BCUT2D eigenvalue weighted by Crippen LogP contribution is -2.58. The first-order valence-electron chi connectivity index (χ1n) is 15.2. The third-order valence-corrected chi connectivity index (χ3v) is 7.15. The van der Waals surface area contributed by atoms with Gasteiger partial charge in [-0.1, -0.05) is 50.5 Å². The molecule has 1 unspecified atom stereocenters. The fourth-order valence-corrected chi connectivity index (χ4v) is 5.04. The first-order valence-corrected chi connectivity index (χ1v) is 15.2. The van der Waals surface area contributed by atoms with E-state index in [4.69, 9.17) is 4.74 Å². The summed E-state index contributed by atoms with van der Waals surface area (Å²) in [6.45, 7) is 12.9. The number of carbonyl (C=O) groups is 3. The zero-order chi connectivity index (χ0) is 34.0. The Morgan fingerprint density at radius 1 is 0.956 bits per heavy atom. The third kappa shape index (κ3) is 12.0. The number of nitrogens with one attached hydrogen (secondary N) is 4. The van der Waals surface area contributed by atoms with Crippen LogP contribution in [0, 0.1) is 13.8 Å². The average molecular weight is 637 g/mol. The second-order valence-electron chi connectivity index (χ2n) is 12.4. The zero-order valence-corrected chi connectivity index (χ0v) is 27.2. The summed E-state index contributed by atoms with van der Waals surface area (Å²) in [7, 11) is 0. The second-order valence-corrected chi connectivity index (χ2v) is 12.4. The van der Waals surface area contributed by atoms with Crippen LogP contribution < -0.4 is 21.3 Å². The van der Waals surface area contributed by atoms with Crippen molar-refractivity contribution in [3.05, 3.63) is 64.2 Å². The van der Waals surface area contributed by atoms with Crippen molar-refractivity contribution in [1.82, 2.24) is 16.0 Å². The predicted molar refractivity (Wildman–Crippen MR) is 168 cm³/mol. The quantitative estimate of drug-likeness (QED) is 0.173. The monoisotopic (exact) mass is 636 g/mol. The highest BCUT2D eigenvalue weighted by Gasteiger charge is 2.36. The van der Waals surface area contributed by atoms with Gasteiger partial charge in [0.15, 0.2) is 0 Å². The Labute approximate surface area is 263 Å². The van der Waals surface area contributed by atoms with E-state index < -0.39 is 59.0 Å². The molecular weight excluding hydrogens is 589 g/mol. The molecule has 0 fully saturated rings. The fraction of sp³-hybridized carbons (Fsp3) is 0.545. The van der Waals surface area contributed by atoms with E-state index in [-0.39, 0.29) is 12.2 Å². The molecule has 0 saturated carbocycles. The summed E-state index contributed by atoms with van der Waals surface area (Å²) >= 11 is 0. The molecule has 0 aliphatic carbocycles. The summed E-state index contributed by atoms with van der Waals surface area (Å²) in [6.07, 6.45) is -3.53. The van der Waals surface area contributed by atoms with Crippen molar-refractivity contribution in [1.29, 1.82) is 0 Å². The van der Waals surface area contributed by atoms with E-state index in [1.807, 2.05) is 39.8 Å². The number of alkyl halides is 3. The van der Waals surface area contributed by atoms with Crippen molar-refractivity contribution in [3.8, 4) is 0 Å². The summed E-state index contributed by atoms with van der Waals surface area (Å²) in [6, 6.07) is 7.66. The Hall–Kier alpha value is -3.64. The maximum atomic E-state index is 13.5. The van der Waals surface area contributed by atoms with Gasteiger partial charge in [0, 0.05) is 13.1 Å². The summed E-state index contributed by atoms with van der Waals surface area (Å²) in [5.41, 5.74) is -0.620. The molecule has 45 heavy (non-hydrogen) atoms. The zero-order valence-electron chi connectivity index (χ0n) is 27.2. The van der Waals surface area contributed by atoms with Gasteiger partial charge in [-0.15, -0.1) is 0 Å². The number of amides is 3. The van der Waals surface area contributed by atoms with Gasteiger partial charge in [0.1, 0.15) is 5.60 Å². The van der Waals surface area contributed by atoms with Crippen molar-refractivity contribution in [2.75, 3.05) is 18.4 Å². The molecule has 0 radical (unpaired) electrons. The van der Waals surface area contributed by atoms with Crippen LogP contribution in [0.25, 0.3) is 0 Å². The lowest BCUT2D eigenvalue weighted by atomic mass is 9.84. The largest absolute Gasteiger partial charge is 0.444 e. The minimum Gasteiger partial charge on any atom is -0.444 e. The molecule has 3 amide bonds. The second kappa shape index (κ2) is 16.1. The van der Waals surface area contributed by atoms with Crippen LogP contribution in [0.15, 0.2) is 36.4 Å². The molecule has 250 valence electrons.